The Bertz CT molecular complexity index is 1150. The summed E-state index contributed by atoms with van der Waals surface area (Å²) in [5, 5.41) is 18.9. The third-order valence-electron chi connectivity index (χ3n) is 6.06. The van der Waals surface area contributed by atoms with Gasteiger partial charge in [0.1, 0.15) is 5.75 Å². The molecule has 2 aliphatic heterocycles. The molecule has 0 saturated carbocycles. The van der Waals surface area contributed by atoms with Crippen molar-refractivity contribution in [3.63, 3.8) is 0 Å². The summed E-state index contributed by atoms with van der Waals surface area (Å²) in [6, 6.07) is 5.32. The lowest BCUT2D eigenvalue weighted by molar-refractivity contribution is -0.0498. The number of morpholine rings is 1. The zero-order valence-electron chi connectivity index (χ0n) is 17.9. The third kappa shape index (κ3) is 3.53. The standard InChI is InChI=1S/C22H25F2N5O3/c1-21(20(23)24)12-14-10-16(17(11-18(14)32-21)28-6-8-31-9-7-28)27-22(2,30)15-13-26-29-5-3-4-25-19(15)29/h3-5,10-11,13,20,27,30H,6-9,12H2,1-2H3/t21-,22?/m1/s1. The molecule has 170 valence electrons. The Hall–Kier alpha value is -2.98. The van der Waals surface area contributed by atoms with E-state index in [1.54, 1.807) is 48.2 Å². The number of anilines is 2. The number of nitrogens with one attached hydrogen (secondary N) is 1. The van der Waals surface area contributed by atoms with Gasteiger partial charge in [0.15, 0.2) is 17.0 Å². The van der Waals surface area contributed by atoms with Gasteiger partial charge in [0.05, 0.1) is 36.3 Å². The second kappa shape index (κ2) is 7.56. The fraction of sp³-hybridized carbons (Fsp3) is 0.455. The molecule has 1 fully saturated rings. The summed E-state index contributed by atoms with van der Waals surface area (Å²) < 4.78 is 40.0. The molecule has 2 aromatic heterocycles. The van der Waals surface area contributed by atoms with Gasteiger partial charge in [-0.15, -0.1) is 0 Å². The van der Waals surface area contributed by atoms with Gasteiger partial charge in [-0.1, -0.05) is 0 Å². The van der Waals surface area contributed by atoms with Crippen molar-refractivity contribution >= 4 is 17.0 Å². The van der Waals surface area contributed by atoms with Crippen molar-refractivity contribution in [3.05, 3.63) is 47.9 Å². The molecule has 4 heterocycles. The van der Waals surface area contributed by atoms with E-state index in [0.717, 1.165) is 5.69 Å². The molecule has 1 aromatic carbocycles. The Morgan fingerprint density at radius 2 is 2.06 bits per heavy atom. The summed E-state index contributed by atoms with van der Waals surface area (Å²) >= 11 is 0. The molecule has 32 heavy (non-hydrogen) atoms. The first kappa shape index (κ1) is 20.9. The molecule has 1 saturated heterocycles. The highest BCUT2D eigenvalue weighted by Crippen LogP contribution is 2.45. The number of fused-ring (bicyclic) bond motifs is 2. The van der Waals surface area contributed by atoms with Gasteiger partial charge in [-0.05, 0) is 26.0 Å². The minimum absolute atomic E-state index is 0.0818. The molecule has 0 aliphatic carbocycles. The van der Waals surface area contributed by atoms with Crippen LogP contribution in [-0.4, -0.2) is 58.0 Å². The normalized spacial score (nSPS) is 22.6. The predicted molar refractivity (Wildman–Crippen MR) is 114 cm³/mol. The molecule has 0 spiro atoms. The lowest BCUT2D eigenvalue weighted by Gasteiger charge is -2.33. The second-order valence-corrected chi connectivity index (χ2v) is 8.61. The van der Waals surface area contributed by atoms with Gasteiger partial charge in [0.2, 0.25) is 0 Å². The Kier molecular flexibility index (Phi) is 4.94. The summed E-state index contributed by atoms with van der Waals surface area (Å²) in [5.41, 5.74) is -0.0214. The highest BCUT2D eigenvalue weighted by Gasteiger charge is 2.44. The number of aliphatic hydroxyl groups is 1. The number of hydrogen-bond acceptors (Lipinski definition) is 7. The van der Waals surface area contributed by atoms with Crippen LogP contribution in [0.1, 0.15) is 25.0 Å². The van der Waals surface area contributed by atoms with Crippen LogP contribution >= 0.6 is 0 Å². The van der Waals surface area contributed by atoms with Crippen LogP contribution in [0.5, 0.6) is 5.75 Å². The van der Waals surface area contributed by atoms with E-state index in [0.29, 0.717) is 54.5 Å². The number of aromatic nitrogens is 3. The fourth-order valence-corrected chi connectivity index (χ4v) is 4.30. The minimum atomic E-state index is -2.62. The Morgan fingerprint density at radius 1 is 1.28 bits per heavy atom. The molecule has 3 aromatic rings. The van der Waals surface area contributed by atoms with Gasteiger partial charge in [0, 0.05) is 43.5 Å². The molecule has 0 bridgehead atoms. The largest absolute Gasteiger partial charge is 0.481 e. The molecular weight excluding hydrogens is 420 g/mol. The molecule has 2 aliphatic rings. The van der Waals surface area contributed by atoms with E-state index in [2.05, 4.69) is 20.3 Å². The van der Waals surface area contributed by atoms with Crippen LogP contribution in [0.3, 0.4) is 0 Å². The van der Waals surface area contributed by atoms with E-state index in [1.165, 1.54) is 6.92 Å². The molecule has 5 rings (SSSR count). The first-order chi connectivity index (χ1) is 15.3. The quantitative estimate of drug-likeness (QED) is 0.585. The highest BCUT2D eigenvalue weighted by atomic mass is 19.3. The maximum absolute atomic E-state index is 13.6. The van der Waals surface area contributed by atoms with Gasteiger partial charge < -0.3 is 24.8 Å². The van der Waals surface area contributed by atoms with Crippen LogP contribution in [0.25, 0.3) is 5.65 Å². The number of alkyl halides is 2. The lowest BCUT2D eigenvalue weighted by Crippen LogP contribution is -2.38. The SMILES string of the molecule is CC(O)(Nc1cc2c(cc1N1CCOCC1)O[C@@](C)(C(F)F)C2)c1cnn2cccnc12. The van der Waals surface area contributed by atoms with Crippen LogP contribution in [0.2, 0.25) is 0 Å². The molecule has 0 amide bonds. The Balaban J connectivity index is 1.55. The van der Waals surface area contributed by atoms with Gasteiger partial charge >= 0.3 is 0 Å². The van der Waals surface area contributed by atoms with E-state index < -0.39 is 17.8 Å². The predicted octanol–water partition coefficient (Wildman–Crippen LogP) is 2.80. The zero-order valence-corrected chi connectivity index (χ0v) is 17.9. The van der Waals surface area contributed by atoms with Crippen LogP contribution in [0.4, 0.5) is 20.2 Å². The van der Waals surface area contributed by atoms with E-state index in [-0.39, 0.29) is 6.42 Å². The minimum Gasteiger partial charge on any atom is -0.481 e. The zero-order chi connectivity index (χ0) is 22.5. The maximum Gasteiger partial charge on any atom is 0.277 e. The van der Waals surface area contributed by atoms with Crippen LogP contribution in [0, 0.1) is 0 Å². The van der Waals surface area contributed by atoms with Crippen molar-refractivity contribution < 1.29 is 23.4 Å². The van der Waals surface area contributed by atoms with Crippen molar-refractivity contribution in [2.75, 3.05) is 36.5 Å². The Morgan fingerprint density at radius 3 is 2.81 bits per heavy atom. The van der Waals surface area contributed by atoms with Gasteiger partial charge in [-0.25, -0.2) is 18.3 Å². The second-order valence-electron chi connectivity index (χ2n) is 8.61. The van der Waals surface area contributed by atoms with E-state index >= 15 is 0 Å². The van der Waals surface area contributed by atoms with Crippen LogP contribution in [-0.2, 0) is 16.9 Å². The number of nitrogens with zero attached hydrogens (tertiary/aromatic N) is 4. The Labute approximate surface area is 183 Å². The summed E-state index contributed by atoms with van der Waals surface area (Å²) in [5.74, 6) is 0.442. The average Bonchev–Trinajstić information content (AvgIpc) is 3.35. The van der Waals surface area contributed by atoms with Crippen molar-refractivity contribution in [1.29, 1.82) is 0 Å². The molecule has 2 N–H and O–H groups in total. The summed E-state index contributed by atoms with van der Waals surface area (Å²) in [6.45, 7) is 5.43. The van der Waals surface area contributed by atoms with Gasteiger partial charge in [-0.3, -0.25) is 0 Å². The van der Waals surface area contributed by atoms with Crippen LogP contribution in [0.15, 0.2) is 36.8 Å². The average molecular weight is 445 g/mol. The van der Waals surface area contributed by atoms with Gasteiger partial charge in [-0.2, -0.15) is 5.10 Å². The van der Waals surface area contributed by atoms with E-state index in [4.69, 9.17) is 9.47 Å². The lowest BCUT2D eigenvalue weighted by atomic mass is 9.98. The summed E-state index contributed by atoms with van der Waals surface area (Å²) in [7, 11) is 0. The first-order valence-corrected chi connectivity index (χ1v) is 10.5. The molecule has 2 atom stereocenters. The summed E-state index contributed by atoms with van der Waals surface area (Å²) in [6.07, 6.45) is 2.41. The molecule has 8 nitrogen and oxygen atoms in total. The molecular formula is C22H25F2N5O3. The third-order valence-corrected chi connectivity index (χ3v) is 6.06. The van der Waals surface area contributed by atoms with E-state index in [1.807, 2.05) is 0 Å². The van der Waals surface area contributed by atoms with Crippen molar-refractivity contribution in [1.82, 2.24) is 14.6 Å². The molecule has 0 radical (unpaired) electrons. The maximum atomic E-state index is 13.6. The van der Waals surface area contributed by atoms with Crippen LogP contribution < -0.4 is 15.0 Å². The smallest absolute Gasteiger partial charge is 0.277 e. The van der Waals surface area contributed by atoms with E-state index in [9.17, 15) is 13.9 Å². The van der Waals surface area contributed by atoms with Crippen molar-refractivity contribution in [2.24, 2.45) is 0 Å². The first-order valence-electron chi connectivity index (χ1n) is 10.5. The summed E-state index contributed by atoms with van der Waals surface area (Å²) in [4.78, 5) is 6.42. The number of benzene rings is 1. The van der Waals surface area contributed by atoms with Crippen molar-refractivity contribution in [3.8, 4) is 5.75 Å². The molecule has 1 unspecified atom stereocenters. The number of ether oxygens (including phenoxy) is 2. The van der Waals surface area contributed by atoms with Crippen molar-refractivity contribution in [2.45, 2.75) is 38.0 Å². The topological polar surface area (TPSA) is 84.2 Å². The highest BCUT2D eigenvalue weighted by molar-refractivity contribution is 5.76. The number of hydrogen-bond donors (Lipinski definition) is 2. The molecule has 10 heteroatoms. The van der Waals surface area contributed by atoms with Gasteiger partial charge in [0.25, 0.3) is 6.43 Å². The monoisotopic (exact) mass is 445 g/mol. The number of halogens is 2. The number of rotatable bonds is 5. The fourth-order valence-electron chi connectivity index (χ4n) is 4.30.